The number of rotatable bonds is 4. The van der Waals surface area contributed by atoms with Gasteiger partial charge in [0.2, 0.25) is 11.8 Å². The van der Waals surface area contributed by atoms with E-state index in [2.05, 4.69) is 9.97 Å². The summed E-state index contributed by atoms with van der Waals surface area (Å²) in [5, 5.41) is 2.95. The third kappa shape index (κ3) is 2.20. The van der Waals surface area contributed by atoms with Crippen LogP contribution in [0, 0.1) is 5.92 Å². The molecule has 0 spiro atoms. The van der Waals surface area contributed by atoms with Crippen molar-refractivity contribution in [1.82, 2.24) is 9.97 Å². The lowest BCUT2D eigenvalue weighted by molar-refractivity contribution is 0.219. The van der Waals surface area contributed by atoms with Crippen LogP contribution in [0.2, 0.25) is 0 Å². The van der Waals surface area contributed by atoms with E-state index in [0.717, 1.165) is 29.2 Å². The van der Waals surface area contributed by atoms with Crippen molar-refractivity contribution in [3.05, 3.63) is 11.4 Å². The number of aromatic nitrogens is 2. The zero-order valence-corrected chi connectivity index (χ0v) is 10.4. The van der Waals surface area contributed by atoms with Gasteiger partial charge in [0.05, 0.1) is 12.0 Å². The second-order valence-corrected chi connectivity index (χ2v) is 5.36. The largest absolute Gasteiger partial charge is 0.477 e. The Bertz CT molecular complexity index is 521. The number of nitrogens with zero attached hydrogens (tertiary/aromatic N) is 2. The molecule has 5 heteroatoms. The lowest BCUT2D eigenvalue weighted by Crippen LogP contribution is -2.15. The molecule has 4 nitrogen and oxygen atoms in total. The minimum atomic E-state index is 0.290. The molecule has 17 heavy (non-hydrogen) atoms. The lowest BCUT2D eigenvalue weighted by atomic mass is 9.83. The fraction of sp³-hybridized carbons (Fsp3) is 0.500. The summed E-state index contributed by atoms with van der Waals surface area (Å²) >= 11 is 1.56. The highest BCUT2D eigenvalue weighted by Gasteiger charge is 2.17. The molecule has 90 valence electrons. The van der Waals surface area contributed by atoms with Crippen molar-refractivity contribution >= 4 is 27.5 Å². The van der Waals surface area contributed by atoms with E-state index in [-0.39, 0.29) is 0 Å². The molecule has 0 amide bonds. The minimum Gasteiger partial charge on any atom is -0.477 e. The van der Waals surface area contributed by atoms with E-state index in [1.54, 1.807) is 11.3 Å². The summed E-state index contributed by atoms with van der Waals surface area (Å²) in [6.07, 6.45) is 5.20. The van der Waals surface area contributed by atoms with Gasteiger partial charge in [-0.1, -0.05) is 19.3 Å². The molecule has 0 atom stereocenters. The van der Waals surface area contributed by atoms with Gasteiger partial charge < -0.3 is 10.5 Å². The zero-order valence-electron chi connectivity index (χ0n) is 9.56. The highest BCUT2D eigenvalue weighted by molar-refractivity contribution is 7.16. The fourth-order valence-corrected chi connectivity index (χ4v) is 2.82. The number of hydrogen-bond donors (Lipinski definition) is 1. The summed E-state index contributed by atoms with van der Waals surface area (Å²) in [6, 6.07) is 1.98. The zero-order chi connectivity index (χ0) is 11.7. The van der Waals surface area contributed by atoms with E-state index < -0.39 is 0 Å². The minimum absolute atomic E-state index is 0.290. The number of nitrogens with two attached hydrogens (primary N) is 1. The average Bonchev–Trinajstić information content (AvgIpc) is 2.69. The maximum Gasteiger partial charge on any atom is 0.227 e. The first-order valence-corrected chi connectivity index (χ1v) is 6.84. The van der Waals surface area contributed by atoms with Gasteiger partial charge >= 0.3 is 0 Å². The van der Waals surface area contributed by atoms with Crippen molar-refractivity contribution in [3.63, 3.8) is 0 Å². The predicted molar refractivity (Wildman–Crippen MR) is 69.3 cm³/mol. The molecule has 2 aromatic heterocycles. The molecule has 1 aliphatic carbocycles. The van der Waals surface area contributed by atoms with E-state index in [1.807, 2.05) is 11.4 Å². The van der Waals surface area contributed by atoms with E-state index in [4.69, 9.17) is 10.5 Å². The van der Waals surface area contributed by atoms with E-state index in [0.29, 0.717) is 11.8 Å². The molecular weight excluding hydrogens is 234 g/mol. The Balaban J connectivity index is 1.72. The summed E-state index contributed by atoms with van der Waals surface area (Å²) in [4.78, 5) is 9.24. The van der Waals surface area contributed by atoms with Crippen LogP contribution in [0.1, 0.15) is 25.7 Å². The summed E-state index contributed by atoms with van der Waals surface area (Å²) in [5.41, 5.74) is 5.66. The Labute approximate surface area is 104 Å². The molecule has 2 aromatic rings. The number of anilines is 1. The highest BCUT2D eigenvalue weighted by Crippen LogP contribution is 2.31. The van der Waals surface area contributed by atoms with Crippen molar-refractivity contribution < 1.29 is 4.74 Å². The molecule has 3 rings (SSSR count). The first-order chi connectivity index (χ1) is 8.33. The topological polar surface area (TPSA) is 61.0 Å². The predicted octanol–water partition coefficient (Wildman–Crippen LogP) is 2.84. The van der Waals surface area contributed by atoms with Crippen molar-refractivity contribution in [2.24, 2.45) is 5.92 Å². The molecule has 1 fully saturated rings. The lowest BCUT2D eigenvalue weighted by Gasteiger charge is -2.24. The number of nitrogen functional groups attached to an aromatic ring is 1. The van der Waals surface area contributed by atoms with Gasteiger partial charge in [-0.3, -0.25) is 0 Å². The first-order valence-electron chi connectivity index (χ1n) is 5.96. The second-order valence-electron chi connectivity index (χ2n) is 4.46. The van der Waals surface area contributed by atoms with E-state index in [9.17, 15) is 0 Å². The van der Waals surface area contributed by atoms with Gasteiger partial charge in [-0.15, -0.1) is 11.3 Å². The fourth-order valence-electron chi connectivity index (χ4n) is 2.06. The normalized spacial score (nSPS) is 16.0. The Morgan fingerprint density at radius 2 is 2.29 bits per heavy atom. The van der Waals surface area contributed by atoms with Crippen molar-refractivity contribution in [2.45, 2.75) is 25.7 Å². The third-order valence-electron chi connectivity index (χ3n) is 3.30. The molecule has 1 aliphatic rings. The van der Waals surface area contributed by atoms with Crippen LogP contribution in [0.25, 0.3) is 10.2 Å². The van der Waals surface area contributed by atoms with Gasteiger partial charge in [-0.2, -0.15) is 4.98 Å². The molecule has 0 radical (unpaired) electrons. The van der Waals surface area contributed by atoms with Gasteiger partial charge in [0, 0.05) is 0 Å². The molecule has 0 aromatic carbocycles. The summed E-state index contributed by atoms with van der Waals surface area (Å²) < 4.78 is 5.74. The Hall–Kier alpha value is -1.36. The monoisotopic (exact) mass is 249 g/mol. The molecular formula is C12H15N3OS. The number of thiophene rings is 1. The Morgan fingerprint density at radius 1 is 1.41 bits per heavy atom. The van der Waals surface area contributed by atoms with Crippen LogP contribution in [0.3, 0.4) is 0 Å². The molecule has 0 aliphatic heterocycles. The standard InChI is InChI=1S/C12H15N3OS/c13-12-14-10(9-5-7-17-11(9)15-12)16-6-4-8-2-1-3-8/h5,7-8H,1-4,6H2,(H2,13,14,15). The summed E-state index contributed by atoms with van der Waals surface area (Å²) in [6.45, 7) is 0.728. The number of fused-ring (bicyclic) bond motifs is 1. The SMILES string of the molecule is Nc1nc(OCCC2CCC2)c2ccsc2n1. The van der Waals surface area contributed by atoms with Gasteiger partial charge in [-0.25, -0.2) is 4.98 Å². The average molecular weight is 249 g/mol. The van der Waals surface area contributed by atoms with Gasteiger partial charge in [-0.05, 0) is 23.8 Å². The quantitative estimate of drug-likeness (QED) is 0.905. The maximum atomic E-state index is 5.74. The van der Waals surface area contributed by atoms with Crippen LogP contribution >= 0.6 is 11.3 Å². The van der Waals surface area contributed by atoms with Crippen molar-refractivity contribution in [1.29, 1.82) is 0 Å². The van der Waals surface area contributed by atoms with Crippen molar-refractivity contribution in [3.8, 4) is 5.88 Å². The molecule has 0 bridgehead atoms. The van der Waals surface area contributed by atoms with Gasteiger partial charge in [0.1, 0.15) is 4.83 Å². The second kappa shape index (κ2) is 4.49. The summed E-state index contributed by atoms with van der Waals surface area (Å²) in [5.74, 6) is 1.78. The van der Waals surface area contributed by atoms with Gasteiger partial charge in [0.25, 0.3) is 0 Å². The first kappa shape index (κ1) is 10.8. The van der Waals surface area contributed by atoms with Crippen molar-refractivity contribution in [2.75, 3.05) is 12.3 Å². The number of ether oxygens (including phenoxy) is 1. The Morgan fingerprint density at radius 3 is 3.06 bits per heavy atom. The smallest absolute Gasteiger partial charge is 0.227 e. The molecule has 0 saturated heterocycles. The van der Waals surface area contributed by atoms with Gasteiger partial charge in [0.15, 0.2) is 0 Å². The molecule has 2 heterocycles. The van der Waals surface area contributed by atoms with Crippen LogP contribution < -0.4 is 10.5 Å². The number of hydrogen-bond acceptors (Lipinski definition) is 5. The third-order valence-corrected chi connectivity index (χ3v) is 4.10. The molecule has 0 unspecified atom stereocenters. The molecule has 2 N–H and O–H groups in total. The van der Waals surface area contributed by atoms with Crippen LogP contribution in [-0.4, -0.2) is 16.6 Å². The summed E-state index contributed by atoms with van der Waals surface area (Å²) in [7, 11) is 0. The molecule has 1 saturated carbocycles. The van der Waals surface area contributed by atoms with Crippen LogP contribution in [0.5, 0.6) is 5.88 Å². The maximum absolute atomic E-state index is 5.74. The Kier molecular flexibility index (Phi) is 2.84. The highest BCUT2D eigenvalue weighted by atomic mass is 32.1. The van der Waals surface area contributed by atoms with E-state index in [1.165, 1.54) is 19.3 Å². The van der Waals surface area contributed by atoms with Crippen LogP contribution in [0.15, 0.2) is 11.4 Å². The van der Waals surface area contributed by atoms with Crippen LogP contribution in [-0.2, 0) is 0 Å². The van der Waals surface area contributed by atoms with Crippen LogP contribution in [0.4, 0.5) is 5.95 Å². The van der Waals surface area contributed by atoms with E-state index >= 15 is 0 Å².